The third kappa shape index (κ3) is 3.94. The highest BCUT2D eigenvalue weighted by atomic mass is 16.6. The van der Waals surface area contributed by atoms with E-state index in [1.807, 2.05) is 0 Å². The second-order valence-corrected chi connectivity index (χ2v) is 3.36. The SMILES string of the molecule is CC(N)C#CCC(C)(C)[N+](=O)[O-]. The van der Waals surface area contributed by atoms with Crippen molar-refractivity contribution in [2.24, 2.45) is 5.73 Å². The topological polar surface area (TPSA) is 69.2 Å². The van der Waals surface area contributed by atoms with Crippen molar-refractivity contribution in [1.82, 2.24) is 0 Å². The predicted octanol–water partition coefficient (Wildman–Crippen LogP) is 0.782. The molecule has 0 aromatic carbocycles. The number of hydrogen-bond acceptors (Lipinski definition) is 3. The maximum absolute atomic E-state index is 10.4. The van der Waals surface area contributed by atoms with Crippen LogP contribution in [0.15, 0.2) is 0 Å². The molecule has 0 aliphatic carbocycles. The summed E-state index contributed by atoms with van der Waals surface area (Å²) < 4.78 is 0. The van der Waals surface area contributed by atoms with Crippen LogP contribution in [0.25, 0.3) is 0 Å². The van der Waals surface area contributed by atoms with Gasteiger partial charge in [-0.2, -0.15) is 0 Å². The molecule has 1 unspecified atom stereocenters. The summed E-state index contributed by atoms with van der Waals surface area (Å²) in [5.41, 5.74) is 4.38. The van der Waals surface area contributed by atoms with Crippen molar-refractivity contribution in [2.75, 3.05) is 0 Å². The Balaban J connectivity index is 4.12. The molecular weight excluding hydrogens is 156 g/mol. The Morgan fingerprint density at radius 1 is 1.67 bits per heavy atom. The first-order chi connectivity index (χ1) is 5.36. The Bertz CT molecular complexity index is 223. The molecule has 0 aliphatic heterocycles. The van der Waals surface area contributed by atoms with Gasteiger partial charge in [0.05, 0.1) is 12.5 Å². The molecule has 0 rings (SSSR count). The molecule has 0 bridgehead atoms. The van der Waals surface area contributed by atoms with Gasteiger partial charge in [-0.1, -0.05) is 11.8 Å². The molecule has 0 fully saturated rings. The fourth-order valence-electron chi connectivity index (χ4n) is 0.493. The Labute approximate surface area is 72.3 Å². The van der Waals surface area contributed by atoms with Gasteiger partial charge in [0.25, 0.3) is 0 Å². The summed E-state index contributed by atoms with van der Waals surface area (Å²) in [7, 11) is 0. The van der Waals surface area contributed by atoms with Crippen LogP contribution in [0.1, 0.15) is 27.2 Å². The summed E-state index contributed by atoms with van der Waals surface area (Å²) in [4.78, 5) is 10.1. The molecule has 0 aromatic heterocycles. The van der Waals surface area contributed by atoms with Gasteiger partial charge >= 0.3 is 0 Å². The van der Waals surface area contributed by atoms with Gasteiger partial charge in [0, 0.05) is 18.8 Å². The van der Waals surface area contributed by atoms with E-state index >= 15 is 0 Å². The summed E-state index contributed by atoms with van der Waals surface area (Å²) in [5, 5.41) is 10.4. The van der Waals surface area contributed by atoms with Gasteiger partial charge in [0.2, 0.25) is 5.54 Å². The second-order valence-electron chi connectivity index (χ2n) is 3.36. The van der Waals surface area contributed by atoms with Gasteiger partial charge in [0.1, 0.15) is 0 Å². The van der Waals surface area contributed by atoms with E-state index in [4.69, 9.17) is 5.73 Å². The van der Waals surface area contributed by atoms with Crippen molar-refractivity contribution in [3.8, 4) is 11.8 Å². The first-order valence-electron chi connectivity index (χ1n) is 3.75. The zero-order valence-corrected chi connectivity index (χ0v) is 7.63. The van der Waals surface area contributed by atoms with Crippen LogP contribution in [-0.2, 0) is 0 Å². The maximum atomic E-state index is 10.4. The van der Waals surface area contributed by atoms with Crippen LogP contribution in [0.2, 0.25) is 0 Å². The van der Waals surface area contributed by atoms with Crippen LogP contribution in [0.4, 0.5) is 0 Å². The number of nitrogens with two attached hydrogens (primary N) is 1. The average molecular weight is 170 g/mol. The first kappa shape index (κ1) is 10.9. The number of nitro groups is 1. The predicted molar refractivity (Wildman–Crippen MR) is 47.1 cm³/mol. The normalized spacial score (nSPS) is 13.0. The quantitative estimate of drug-likeness (QED) is 0.378. The minimum atomic E-state index is -0.970. The van der Waals surface area contributed by atoms with Gasteiger partial charge in [-0.15, -0.1) is 0 Å². The van der Waals surface area contributed by atoms with Crippen molar-refractivity contribution in [1.29, 1.82) is 0 Å². The van der Waals surface area contributed by atoms with Crippen LogP contribution in [0.3, 0.4) is 0 Å². The smallest absolute Gasteiger partial charge is 0.227 e. The molecule has 68 valence electrons. The zero-order chi connectivity index (χ0) is 9.78. The van der Waals surface area contributed by atoms with E-state index < -0.39 is 5.54 Å². The lowest BCUT2D eigenvalue weighted by atomic mass is 10.0. The van der Waals surface area contributed by atoms with E-state index in [-0.39, 0.29) is 17.4 Å². The Morgan fingerprint density at radius 2 is 2.17 bits per heavy atom. The van der Waals surface area contributed by atoms with E-state index in [1.165, 1.54) is 0 Å². The number of rotatable bonds is 2. The van der Waals surface area contributed by atoms with Crippen LogP contribution in [-0.4, -0.2) is 16.5 Å². The molecule has 0 heterocycles. The van der Waals surface area contributed by atoms with Crippen LogP contribution < -0.4 is 5.73 Å². The minimum Gasteiger partial charge on any atom is -0.318 e. The zero-order valence-electron chi connectivity index (χ0n) is 7.63. The first-order valence-corrected chi connectivity index (χ1v) is 3.75. The van der Waals surface area contributed by atoms with E-state index in [9.17, 15) is 10.1 Å². The highest BCUT2D eigenvalue weighted by molar-refractivity contribution is 5.07. The third-order valence-corrected chi connectivity index (χ3v) is 1.34. The lowest BCUT2D eigenvalue weighted by molar-refractivity contribution is -0.559. The lowest BCUT2D eigenvalue weighted by Crippen LogP contribution is -2.30. The Morgan fingerprint density at radius 3 is 2.50 bits per heavy atom. The van der Waals surface area contributed by atoms with Crippen molar-refractivity contribution in [2.45, 2.75) is 38.8 Å². The highest BCUT2D eigenvalue weighted by Crippen LogP contribution is 2.11. The van der Waals surface area contributed by atoms with Gasteiger partial charge < -0.3 is 5.73 Å². The highest BCUT2D eigenvalue weighted by Gasteiger charge is 2.28. The third-order valence-electron chi connectivity index (χ3n) is 1.34. The molecule has 0 spiro atoms. The van der Waals surface area contributed by atoms with E-state index in [1.54, 1.807) is 20.8 Å². The Kier molecular flexibility index (Phi) is 3.71. The van der Waals surface area contributed by atoms with Gasteiger partial charge in [-0.05, 0) is 6.92 Å². The molecule has 1 atom stereocenters. The molecule has 0 radical (unpaired) electrons. The summed E-state index contributed by atoms with van der Waals surface area (Å²) in [6.45, 7) is 4.83. The maximum Gasteiger partial charge on any atom is 0.227 e. The summed E-state index contributed by atoms with van der Waals surface area (Å²) >= 11 is 0. The van der Waals surface area contributed by atoms with E-state index in [2.05, 4.69) is 11.8 Å². The Hall–Kier alpha value is -1.08. The number of hydrogen-bond donors (Lipinski definition) is 1. The molecule has 0 aliphatic rings. The summed E-state index contributed by atoms with van der Waals surface area (Å²) in [5.74, 6) is 5.37. The second kappa shape index (κ2) is 4.07. The van der Waals surface area contributed by atoms with Gasteiger partial charge in [-0.25, -0.2) is 0 Å². The molecule has 0 aromatic rings. The summed E-state index contributed by atoms with van der Waals surface area (Å²) in [6.07, 6.45) is 0.238. The van der Waals surface area contributed by atoms with Crippen molar-refractivity contribution >= 4 is 0 Å². The van der Waals surface area contributed by atoms with Gasteiger partial charge in [-0.3, -0.25) is 10.1 Å². The van der Waals surface area contributed by atoms with Crippen LogP contribution in [0, 0.1) is 22.0 Å². The fraction of sp³-hybridized carbons (Fsp3) is 0.750. The van der Waals surface area contributed by atoms with Crippen LogP contribution in [0.5, 0.6) is 0 Å². The molecule has 4 nitrogen and oxygen atoms in total. The molecule has 0 saturated carbocycles. The average Bonchev–Trinajstić information content (AvgIpc) is 1.85. The molecule has 12 heavy (non-hydrogen) atoms. The molecule has 2 N–H and O–H groups in total. The lowest BCUT2D eigenvalue weighted by Gasteiger charge is -2.10. The van der Waals surface area contributed by atoms with Crippen LogP contribution >= 0.6 is 0 Å². The van der Waals surface area contributed by atoms with Gasteiger partial charge in [0.15, 0.2) is 0 Å². The van der Waals surface area contributed by atoms with Crippen molar-refractivity contribution in [3.05, 3.63) is 10.1 Å². The van der Waals surface area contributed by atoms with E-state index in [0.717, 1.165) is 0 Å². The van der Waals surface area contributed by atoms with Crippen molar-refractivity contribution < 1.29 is 4.92 Å². The molecular formula is C8H14N2O2. The molecule has 0 amide bonds. The number of nitrogens with zero attached hydrogens (tertiary/aromatic N) is 1. The minimum absolute atomic E-state index is 0.215. The fourth-order valence-corrected chi connectivity index (χ4v) is 0.493. The standard InChI is InChI=1S/C8H14N2O2/c1-7(9)5-4-6-8(2,3)10(11)12/h7H,6,9H2,1-3H3. The van der Waals surface area contributed by atoms with Crippen molar-refractivity contribution in [3.63, 3.8) is 0 Å². The molecule has 4 heteroatoms. The monoisotopic (exact) mass is 170 g/mol. The van der Waals surface area contributed by atoms with E-state index in [0.29, 0.717) is 0 Å². The molecule has 0 saturated heterocycles. The summed E-state index contributed by atoms with van der Waals surface area (Å²) in [6, 6.07) is -0.215. The largest absolute Gasteiger partial charge is 0.318 e.